The molecule has 0 saturated heterocycles. The third kappa shape index (κ3) is 2.72. The fraction of sp³-hybridized carbons (Fsp3) is 0.643. The van der Waals surface area contributed by atoms with E-state index >= 15 is 0 Å². The zero-order valence-electron chi connectivity index (χ0n) is 13.6. The SMILES string of the molecule is CC(=O)C(=O)[C@@](O)(C(C)=O)[C@](O)(C(C)=O)[C@](O)(C(C)=O)[C@H](O)CO. The monoisotopic (exact) mass is 348 g/mol. The minimum absolute atomic E-state index is 0.513. The molecule has 0 aromatic heterocycles. The topological polar surface area (TPSA) is 186 Å². The number of aliphatic hydroxyl groups excluding tert-OH is 2. The van der Waals surface area contributed by atoms with Crippen molar-refractivity contribution < 1.29 is 49.5 Å². The number of aliphatic hydroxyl groups is 5. The standard InChI is InChI=1S/C14H20O10/c1-6(16)11(21)13(23,8(3)18)14(24,9(4)19)12(22,7(2)17)10(20)5-15/h10,15,20,22-24H,5H2,1-4H3/t10-,12+,13+,14+/m1/s1. The van der Waals surface area contributed by atoms with Crippen LogP contribution in [0.5, 0.6) is 0 Å². The maximum Gasteiger partial charge on any atom is 0.240 e. The summed E-state index contributed by atoms with van der Waals surface area (Å²) < 4.78 is 0. The molecule has 0 aliphatic rings. The molecule has 24 heavy (non-hydrogen) atoms. The Hall–Kier alpha value is -1.85. The fourth-order valence-corrected chi connectivity index (χ4v) is 2.50. The molecule has 0 unspecified atom stereocenters. The Bertz CT molecular complexity index is 596. The van der Waals surface area contributed by atoms with Gasteiger partial charge in [-0.25, -0.2) is 0 Å². The molecule has 0 fully saturated rings. The highest BCUT2D eigenvalue weighted by atomic mass is 16.4. The number of carbonyl (C=O) groups excluding carboxylic acids is 5. The Kier molecular flexibility index (Phi) is 6.41. The molecule has 0 amide bonds. The Morgan fingerprint density at radius 3 is 1.46 bits per heavy atom. The minimum atomic E-state index is -3.93. The van der Waals surface area contributed by atoms with E-state index in [9.17, 15) is 44.4 Å². The van der Waals surface area contributed by atoms with Crippen molar-refractivity contribution in [3.63, 3.8) is 0 Å². The van der Waals surface area contributed by atoms with E-state index in [2.05, 4.69) is 0 Å². The molecule has 10 heteroatoms. The van der Waals surface area contributed by atoms with Crippen LogP contribution in [0.2, 0.25) is 0 Å². The average Bonchev–Trinajstić information content (AvgIpc) is 2.49. The van der Waals surface area contributed by atoms with Crippen molar-refractivity contribution in [2.75, 3.05) is 6.61 Å². The largest absolute Gasteiger partial charge is 0.394 e. The lowest BCUT2D eigenvalue weighted by atomic mass is 9.61. The van der Waals surface area contributed by atoms with Crippen molar-refractivity contribution in [2.24, 2.45) is 0 Å². The van der Waals surface area contributed by atoms with Gasteiger partial charge in [0, 0.05) is 6.92 Å². The van der Waals surface area contributed by atoms with Crippen LogP contribution >= 0.6 is 0 Å². The van der Waals surface area contributed by atoms with Crippen molar-refractivity contribution in [3.05, 3.63) is 0 Å². The minimum Gasteiger partial charge on any atom is -0.394 e. The zero-order chi connectivity index (χ0) is 19.7. The van der Waals surface area contributed by atoms with Crippen LogP contribution in [0.3, 0.4) is 0 Å². The predicted octanol–water partition coefficient (Wildman–Crippen LogP) is -3.54. The lowest BCUT2D eigenvalue weighted by Gasteiger charge is -2.48. The summed E-state index contributed by atoms with van der Waals surface area (Å²) in [6, 6.07) is 0. The molecule has 0 aromatic rings. The molecule has 10 nitrogen and oxygen atoms in total. The van der Waals surface area contributed by atoms with Crippen molar-refractivity contribution in [2.45, 2.75) is 50.6 Å². The number of rotatable bonds is 9. The van der Waals surface area contributed by atoms with Gasteiger partial charge in [-0.15, -0.1) is 0 Å². The highest BCUT2D eigenvalue weighted by Crippen LogP contribution is 2.39. The molecular weight excluding hydrogens is 328 g/mol. The van der Waals surface area contributed by atoms with Crippen molar-refractivity contribution in [1.82, 2.24) is 0 Å². The molecule has 136 valence electrons. The van der Waals surface area contributed by atoms with E-state index in [1.54, 1.807) is 0 Å². The average molecular weight is 348 g/mol. The molecule has 0 aliphatic heterocycles. The summed E-state index contributed by atoms with van der Waals surface area (Å²) >= 11 is 0. The van der Waals surface area contributed by atoms with E-state index in [4.69, 9.17) is 5.11 Å². The van der Waals surface area contributed by atoms with Gasteiger partial charge in [-0.2, -0.15) is 0 Å². The van der Waals surface area contributed by atoms with E-state index in [-0.39, 0.29) is 0 Å². The zero-order valence-corrected chi connectivity index (χ0v) is 13.6. The summed E-state index contributed by atoms with van der Waals surface area (Å²) in [4.78, 5) is 59.0. The third-order valence-electron chi connectivity index (χ3n) is 3.93. The number of carbonyl (C=O) groups is 5. The molecule has 0 rings (SSSR count). The summed E-state index contributed by atoms with van der Waals surface area (Å²) in [5.74, 6) is -8.28. The van der Waals surface area contributed by atoms with E-state index in [1.807, 2.05) is 0 Å². The third-order valence-corrected chi connectivity index (χ3v) is 3.93. The molecule has 0 bridgehead atoms. The van der Waals surface area contributed by atoms with Gasteiger partial charge in [-0.05, 0) is 20.8 Å². The number of ketones is 5. The van der Waals surface area contributed by atoms with E-state index in [0.717, 1.165) is 0 Å². The van der Waals surface area contributed by atoms with Gasteiger partial charge in [-0.1, -0.05) is 0 Å². The Labute approximate surface area is 136 Å². The van der Waals surface area contributed by atoms with Gasteiger partial charge >= 0.3 is 0 Å². The molecular formula is C14H20O10. The van der Waals surface area contributed by atoms with Gasteiger partial charge in [0.25, 0.3) is 0 Å². The highest BCUT2D eigenvalue weighted by molar-refractivity contribution is 6.45. The molecule has 0 heterocycles. The van der Waals surface area contributed by atoms with Gasteiger partial charge in [-0.3, -0.25) is 24.0 Å². The van der Waals surface area contributed by atoms with Gasteiger partial charge < -0.3 is 25.5 Å². The first-order valence-corrected chi connectivity index (χ1v) is 6.71. The van der Waals surface area contributed by atoms with E-state index < -0.39 is 58.4 Å². The second-order valence-electron chi connectivity index (χ2n) is 5.44. The molecule has 5 N–H and O–H groups in total. The highest BCUT2D eigenvalue weighted by Gasteiger charge is 2.74. The molecule has 0 radical (unpaired) electrons. The van der Waals surface area contributed by atoms with Gasteiger partial charge in [0.1, 0.15) is 6.10 Å². The molecule has 0 aromatic carbocycles. The number of Topliss-reactive ketones (excluding diaryl/α,β-unsaturated/α-hetero) is 5. The summed E-state index contributed by atoms with van der Waals surface area (Å²) in [6.45, 7) is 0.853. The quantitative estimate of drug-likeness (QED) is 0.206. The summed E-state index contributed by atoms with van der Waals surface area (Å²) in [5, 5.41) is 50.3. The molecule has 0 aliphatic carbocycles. The Morgan fingerprint density at radius 1 is 0.833 bits per heavy atom. The van der Waals surface area contributed by atoms with Crippen LogP contribution in [-0.4, -0.2) is 84.0 Å². The van der Waals surface area contributed by atoms with Crippen molar-refractivity contribution >= 4 is 28.9 Å². The second kappa shape index (κ2) is 6.95. The molecule has 4 atom stereocenters. The van der Waals surface area contributed by atoms with Crippen LogP contribution in [0.15, 0.2) is 0 Å². The summed E-state index contributed by atoms with van der Waals surface area (Å²) in [6.07, 6.45) is -2.56. The molecule has 0 saturated carbocycles. The maximum absolute atomic E-state index is 12.0. The lowest BCUT2D eigenvalue weighted by molar-refractivity contribution is -0.246. The van der Waals surface area contributed by atoms with E-state index in [1.165, 1.54) is 0 Å². The van der Waals surface area contributed by atoms with Gasteiger partial charge in [0.2, 0.25) is 17.0 Å². The Balaban J connectivity index is 7.11. The normalized spacial score (nSPS) is 20.0. The summed E-state index contributed by atoms with van der Waals surface area (Å²) in [7, 11) is 0. The van der Waals surface area contributed by atoms with E-state index in [0.29, 0.717) is 27.7 Å². The van der Waals surface area contributed by atoms with Crippen molar-refractivity contribution in [1.29, 1.82) is 0 Å². The Morgan fingerprint density at radius 2 is 1.25 bits per heavy atom. The van der Waals surface area contributed by atoms with Gasteiger partial charge in [0.15, 0.2) is 28.7 Å². The molecule has 0 spiro atoms. The van der Waals surface area contributed by atoms with Gasteiger partial charge in [0.05, 0.1) is 6.61 Å². The van der Waals surface area contributed by atoms with Crippen LogP contribution in [0.4, 0.5) is 0 Å². The van der Waals surface area contributed by atoms with Crippen LogP contribution in [0.1, 0.15) is 27.7 Å². The number of hydrogen-bond donors (Lipinski definition) is 5. The maximum atomic E-state index is 12.0. The van der Waals surface area contributed by atoms with Crippen LogP contribution in [0, 0.1) is 0 Å². The number of hydrogen-bond acceptors (Lipinski definition) is 10. The van der Waals surface area contributed by atoms with Crippen LogP contribution in [0.25, 0.3) is 0 Å². The van der Waals surface area contributed by atoms with Crippen LogP contribution in [-0.2, 0) is 24.0 Å². The van der Waals surface area contributed by atoms with Crippen molar-refractivity contribution in [3.8, 4) is 0 Å². The first-order chi connectivity index (χ1) is 10.7. The second-order valence-corrected chi connectivity index (χ2v) is 5.44. The predicted molar refractivity (Wildman–Crippen MR) is 75.7 cm³/mol. The lowest BCUT2D eigenvalue weighted by Crippen LogP contribution is -2.81. The summed E-state index contributed by atoms with van der Waals surface area (Å²) in [5.41, 5.74) is -11.4. The first-order valence-electron chi connectivity index (χ1n) is 6.71. The van der Waals surface area contributed by atoms with Crippen LogP contribution < -0.4 is 0 Å². The fourth-order valence-electron chi connectivity index (χ4n) is 2.50. The smallest absolute Gasteiger partial charge is 0.240 e. The first kappa shape index (κ1) is 22.1.